The largest absolute Gasteiger partial charge is 0.284 e. The van der Waals surface area contributed by atoms with Gasteiger partial charge in [0, 0.05) is 19.0 Å². The SMILES string of the molecule is CCS(=O)(=O)Nc1cccc(C2=NN(C(C)=O)C(c3cccc(C)c3)C2)c1. The number of amides is 1. The molecule has 142 valence electrons. The zero-order valence-electron chi connectivity index (χ0n) is 15.6. The lowest BCUT2D eigenvalue weighted by Gasteiger charge is -2.20. The van der Waals surface area contributed by atoms with Gasteiger partial charge >= 0.3 is 0 Å². The predicted molar refractivity (Wildman–Crippen MR) is 107 cm³/mol. The first kappa shape index (κ1) is 19.1. The Morgan fingerprint density at radius 3 is 2.63 bits per heavy atom. The first-order valence-electron chi connectivity index (χ1n) is 8.84. The molecule has 6 nitrogen and oxygen atoms in total. The summed E-state index contributed by atoms with van der Waals surface area (Å²) < 4.78 is 26.2. The van der Waals surface area contributed by atoms with Crippen molar-refractivity contribution in [3.8, 4) is 0 Å². The molecule has 0 aliphatic carbocycles. The smallest absolute Gasteiger partial charge is 0.240 e. The molecular weight excluding hydrogens is 362 g/mol. The van der Waals surface area contributed by atoms with Gasteiger partial charge in [-0.1, -0.05) is 42.0 Å². The molecule has 1 amide bonds. The number of hydrazone groups is 1. The minimum absolute atomic E-state index is 0.00568. The van der Waals surface area contributed by atoms with Gasteiger partial charge in [-0.2, -0.15) is 5.10 Å². The fraction of sp³-hybridized carbons (Fsp3) is 0.300. The van der Waals surface area contributed by atoms with Crippen LogP contribution in [-0.4, -0.2) is 30.8 Å². The molecule has 0 saturated carbocycles. The molecule has 1 aliphatic rings. The summed E-state index contributed by atoms with van der Waals surface area (Å²) in [6.07, 6.45) is 0.576. The Bertz CT molecular complexity index is 999. The van der Waals surface area contributed by atoms with E-state index in [1.54, 1.807) is 25.1 Å². The van der Waals surface area contributed by atoms with E-state index >= 15 is 0 Å². The first-order valence-corrected chi connectivity index (χ1v) is 10.5. The van der Waals surface area contributed by atoms with E-state index < -0.39 is 10.0 Å². The standard InChI is InChI=1S/C20H23N3O3S/c1-4-27(25,26)22-18-10-6-8-16(12-18)19-13-20(23(21-19)15(3)24)17-9-5-7-14(2)11-17/h5-12,20,22H,4,13H2,1-3H3. The van der Waals surface area contributed by atoms with Crippen LogP contribution in [-0.2, 0) is 14.8 Å². The van der Waals surface area contributed by atoms with E-state index in [-0.39, 0.29) is 17.7 Å². The third kappa shape index (κ3) is 4.36. The topological polar surface area (TPSA) is 78.8 Å². The maximum Gasteiger partial charge on any atom is 0.240 e. The fourth-order valence-electron chi connectivity index (χ4n) is 3.13. The van der Waals surface area contributed by atoms with Crippen molar-refractivity contribution in [2.75, 3.05) is 10.5 Å². The zero-order chi connectivity index (χ0) is 19.6. The zero-order valence-corrected chi connectivity index (χ0v) is 16.5. The Morgan fingerprint density at radius 2 is 1.96 bits per heavy atom. The Labute approximate surface area is 159 Å². The number of sulfonamides is 1. The Morgan fingerprint density at radius 1 is 1.22 bits per heavy atom. The number of benzene rings is 2. The van der Waals surface area contributed by atoms with Gasteiger partial charge in [0.15, 0.2) is 0 Å². The van der Waals surface area contributed by atoms with Crippen molar-refractivity contribution < 1.29 is 13.2 Å². The van der Waals surface area contributed by atoms with Crippen LogP contribution >= 0.6 is 0 Å². The summed E-state index contributed by atoms with van der Waals surface area (Å²) >= 11 is 0. The number of anilines is 1. The molecule has 0 fully saturated rings. The summed E-state index contributed by atoms with van der Waals surface area (Å²) in [5.41, 5.74) is 4.21. The lowest BCUT2D eigenvalue weighted by Crippen LogP contribution is -2.24. The number of hydrogen-bond donors (Lipinski definition) is 1. The normalized spacial score (nSPS) is 16.9. The Balaban J connectivity index is 1.91. The van der Waals surface area contributed by atoms with Crippen molar-refractivity contribution in [3.05, 3.63) is 65.2 Å². The van der Waals surface area contributed by atoms with Crippen LogP contribution in [0.15, 0.2) is 53.6 Å². The molecule has 1 unspecified atom stereocenters. The van der Waals surface area contributed by atoms with Crippen molar-refractivity contribution in [2.45, 2.75) is 33.2 Å². The molecule has 3 rings (SSSR count). The summed E-state index contributed by atoms with van der Waals surface area (Å²) in [6.45, 7) is 5.10. The van der Waals surface area contributed by atoms with Gasteiger partial charge in [-0.3, -0.25) is 9.52 Å². The van der Waals surface area contributed by atoms with Crippen LogP contribution in [0.3, 0.4) is 0 Å². The van der Waals surface area contributed by atoms with Crippen LogP contribution in [0.25, 0.3) is 0 Å². The second kappa shape index (κ2) is 7.52. The van der Waals surface area contributed by atoms with E-state index in [0.717, 1.165) is 22.4 Å². The van der Waals surface area contributed by atoms with Crippen molar-refractivity contribution in [3.63, 3.8) is 0 Å². The third-order valence-electron chi connectivity index (χ3n) is 4.51. The van der Waals surface area contributed by atoms with Crippen LogP contribution in [0.1, 0.15) is 43.0 Å². The van der Waals surface area contributed by atoms with Gasteiger partial charge in [-0.05, 0) is 37.1 Å². The Kier molecular flexibility index (Phi) is 5.32. The number of carbonyl (C=O) groups excluding carboxylic acids is 1. The van der Waals surface area contributed by atoms with Gasteiger partial charge in [-0.15, -0.1) is 0 Å². The number of aryl methyl sites for hydroxylation is 1. The van der Waals surface area contributed by atoms with Gasteiger partial charge in [0.25, 0.3) is 0 Å². The average molecular weight is 385 g/mol. The van der Waals surface area contributed by atoms with E-state index in [1.165, 1.54) is 11.9 Å². The van der Waals surface area contributed by atoms with E-state index in [2.05, 4.69) is 15.9 Å². The summed E-state index contributed by atoms with van der Waals surface area (Å²) in [5.74, 6) is -0.120. The lowest BCUT2D eigenvalue weighted by molar-refractivity contribution is -0.130. The summed E-state index contributed by atoms with van der Waals surface area (Å²) in [7, 11) is -3.35. The minimum Gasteiger partial charge on any atom is -0.284 e. The molecule has 0 saturated heterocycles. The van der Waals surface area contributed by atoms with Crippen molar-refractivity contribution >= 4 is 27.3 Å². The highest BCUT2D eigenvalue weighted by Crippen LogP contribution is 2.33. The molecule has 0 bridgehead atoms. The molecule has 2 aromatic rings. The van der Waals surface area contributed by atoms with Crippen molar-refractivity contribution in [1.29, 1.82) is 0 Å². The van der Waals surface area contributed by atoms with E-state index in [0.29, 0.717) is 12.1 Å². The highest BCUT2D eigenvalue weighted by Gasteiger charge is 2.31. The number of hydrogen-bond acceptors (Lipinski definition) is 4. The average Bonchev–Trinajstić information content (AvgIpc) is 3.07. The first-order chi connectivity index (χ1) is 12.8. The fourth-order valence-corrected chi connectivity index (χ4v) is 3.76. The molecule has 0 aromatic heterocycles. The molecular formula is C20H23N3O3S. The van der Waals surface area contributed by atoms with Crippen molar-refractivity contribution in [2.24, 2.45) is 5.10 Å². The number of nitrogens with one attached hydrogen (secondary N) is 1. The van der Waals surface area contributed by atoms with Crippen molar-refractivity contribution in [1.82, 2.24) is 5.01 Å². The van der Waals surface area contributed by atoms with E-state index in [9.17, 15) is 13.2 Å². The minimum atomic E-state index is -3.35. The lowest BCUT2D eigenvalue weighted by atomic mass is 9.97. The second-order valence-corrected chi connectivity index (χ2v) is 8.64. The third-order valence-corrected chi connectivity index (χ3v) is 5.82. The van der Waals surface area contributed by atoms with Gasteiger partial charge in [-0.25, -0.2) is 13.4 Å². The molecule has 1 atom stereocenters. The maximum atomic E-state index is 12.1. The molecule has 1 heterocycles. The Hall–Kier alpha value is -2.67. The van der Waals surface area contributed by atoms with E-state index in [1.807, 2.05) is 31.2 Å². The molecule has 0 radical (unpaired) electrons. The quantitative estimate of drug-likeness (QED) is 0.856. The monoisotopic (exact) mass is 385 g/mol. The second-order valence-electron chi connectivity index (χ2n) is 6.63. The molecule has 27 heavy (non-hydrogen) atoms. The van der Waals surface area contributed by atoms with E-state index in [4.69, 9.17) is 0 Å². The van der Waals surface area contributed by atoms with Gasteiger partial charge in [0.05, 0.1) is 17.5 Å². The number of carbonyl (C=O) groups is 1. The number of rotatable bonds is 5. The summed E-state index contributed by atoms with van der Waals surface area (Å²) in [6, 6.07) is 15.0. The van der Waals surface area contributed by atoms with Crippen LogP contribution in [0.4, 0.5) is 5.69 Å². The molecule has 1 N–H and O–H groups in total. The van der Waals surface area contributed by atoms with Gasteiger partial charge in [0.1, 0.15) is 0 Å². The predicted octanol–water partition coefficient (Wildman–Crippen LogP) is 3.45. The molecule has 0 spiro atoms. The molecule has 7 heteroatoms. The highest BCUT2D eigenvalue weighted by molar-refractivity contribution is 7.92. The van der Waals surface area contributed by atoms with Crippen LogP contribution in [0, 0.1) is 6.92 Å². The van der Waals surface area contributed by atoms with Crippen LogP contribution < -0.4 is 4.72 Å². The van der Waals surface area contributed by atoms with Gasteiger partial charge in [0.2, 0.25) is 15.9 Å². The van der Waals surface area contributed by atoms with Crippen LogP contribution in [0.2, 0.25) is 0 Å². The summed E-state index contributed by atoms with van der Waals surface area (Å²) in [5, 5.41) is 6.03. The number of nitrogens with zero attached hydrogens (tertiary/aromatic N) is 2. The maximum absolute atomic E-state index is 12.1. The molecule has 1 aliphatic heterocycles. The highest BCUT2D eigenvalue weighted by atomic mass is 32.2. The van der Waals surface area contributed by atoms with Gasteiger partial charge < -0.3 is 0 Å². The van der Waals surface area contributed by atoms with Crippen LogP contribution in [0.5, 0.6) is 0 Å². The summed E-state index contributed by atoms with van der Waals surface area (Å²) in [4.78, 5) is 12.1. The molecule has 2 aromatic carbocycles.